The molecule has 1 aliphatic heterocycles. The number of esters is 1. The van der Waals surface area contributed by atoms with Crippen LogP contribution in [-0.4, -0.2) is 47.2 Å². The van der Waals surface area contributed by atoms with E-state index in [0.29, 0.717) is 30.3 Å². The molecule has 3 aromatic rings. The van der Waals surface area contributed by atoms with Crippen molar-refractivity contribution in [1.82, 2.24) is 9.88 Å². The van der Waals surface area contributed by atoms with Gasteiger partial charge in [-0.25, -0.2) is 4.98 Å². The second kappa shape index (κ2) is 11.7. The van der Waals surface area contributed by atoms with E-state index in [4.69, 9.17) is 9.72 Å². The number of piperidine rings is 1. The third-order valence-electron chi connectivity index (χ3n) is 5.98. The highest BCUT2D eigenvalue weighted by atomic mass is 32.2. The Labute approximate surface area is 209 Å². The molecule has 4 rings (SSSR count). The van der Waals surface area contributed by atoms with Crippen LogP contribution in [0.2, 0.25) is 0 Å². The molecule has 0 spiro atoms. The zero-order valence-electron chi connectivity index (χ0n) is 19.6. The minimum Gasteiger partial charge on any atom is -0.466 e. The van der Waals surface area contributed by atoms with Gasteiger partial charge in [-0.1, -0.05) is 72.4 Å². The molecule has 0 radical (unpaired) electrons. The molecule has 1 atom stereocenters. The van der Waals surface area contributed by atoms with Gasteiger partial charge in [0.2, 0.25) is 5.91 Å². The van der Waals surface area contributed by atoms with Crippen LogP contribution in [0.25, 0.3) is 22.4 Å². The summed E-state index contributed by atoms with van der Waals surface area (Å²) >= 11 is 1.27. The largest absolute Gasteiger partial charge is 0.466 e. The summed E-state index contributed by atoms with van der Waals surface area (Å²) in [5.41, 5.74) is 3.86. The number of carbonyl (C=O) groups is 2. The lowest BCUT2D eigenvalue weighted by Gasteiger charge is -2.31. The van der Waals surface area contributed by atoms with Crippen molar-refractivity contribution in [2.45, 2.75) is 24.8 Å². The Bertz CT molecular complexity index is 1230. The molecule has 6 nitrogen and oxygen atoms in total. The zero-order valence-corrected chi connectivity index (χ0v) is 20.5. The smallest absolute Gasteiger partial charge is 0.310 e. The van der Waals surface area contributed by atoms with E-state index in [1.807, 2.05) is 66.7 Å². The van der Waals surface area contributed by atoms with Gasteiger partial charge >= 0.3 is 5.97 Å². The van der Waals surface area contributed by atoms with Gasteiger partial charge < -0.3 is 9.64 Å². The minimum atomic E-state index is -0.281. The third kappa shape index (κ3) is 5.90. The number of hydrogen-bond donors (Lipinski definition) is 0. The first-order chi connectivity index (χ1) is 17.1. The molecule has 0 aliphatic carbocycles. The summed E-state index contributed by atoms with van der Waals surface area (Å²) in [6.07, 6.45) is 1.50. The van der Waals surface area contributed by atoms with Crippen LogP contribution in [-0.2, 0) is 14.3 Å². The van der Waals surface area contributed by atoms with Crippen molar-refractivity contribution in [3.05, 3.63) is 72.3 Å². The Balaban J connectivity index is 1.60. The summed E-state index contributed by atoms with van der Waals surface area (Å²) in [6.45, 7) is 3.11. The van der Waals surface area contributed by atoms with E-state index in [2.05, 4.69) is 6.07 Å². The average Bonchev–Trinajstić information content (AvgIpc) is 2.92. The average molecular weight is 486 g/mol. The van der Waals surface area contributed by atoms with E-state index >= 15 is 0 Å². The van der Waals surface area contributed by atoms with E-state index in [1.54, 1.807) is 11.8 Å². The maximum Gasteiger partial charge on any atom is 0.310 e. The highest BCUT2D eigenvalue weighted by Crippen LogP contribution is 2.34. The molecule has 1 saturated heterocycles. The number of amides is 1. The normalized spacial score (nSPS) is 15.3. The number of carbonyl (C=O) groups excluding carboxylic acids is 2. The van der Waals surface area contributed by atoms with Gasteiger partial charge in [0.05, 0.1) is 29.5 Å². The summed E-state index contributed by atoms with van der Waals surface area (Å²) in [4.78, 5) is 31.7. The van der Waals surface area contributed by atoms with E-state index < -0.39 is 0 Å². The van der Waals surface area contributed by atoms with Crippen LogP contribution in [0.15, 0.2) is 71.8 Å². The molecule has 2 aromatic carbocycles. The molecular formula is C28H27N3O3S. The maximum atomic E-state index is 13.0. The molecule has 35 heavy (non-hydrogen) atoms. The number of aromatic nitrogens is 1. The molecule has 7 heteroatoms. The van der Waals surface area contributed by atoms with Crippen molar-refractivity contribution in [2.75, 3.05) is 25.4 Å². The first kappa shape index (κ1) is 24.5. The summed E-state index contributed by atoms with van der Waals surface area (Å²) in [5, 5.41) is 10.6. The lowest BCUT2D eigenvalue weighted by molar-refractivity contribution is -0.151. The molecule has 178 valence electrons. The molecule has 1 unspecified atom stereocenters. The Kier molecular flexibility index (Phi) is 8.17. The van der Waals surface area contributed by atoms with E-state index in [9.17, 15) is 14.9 Å². The number of benzene rings is 2. The van der Waals surface area contributed by atoms with Gasteiger partial charge in [0, 0.05) is 24.2 Å². The lowest BCUT2D eigenvalue weighted by atomic mass is 9.98. The lowest BCUT2D eigenvalue weighted by Crippen LogP contribution is -2.43. The number of nitrogens with zero attached hydrogens (tertiary/aromatic N) is 3. The van der Waals surface area contributed by atoms with E-state index in [-0.39, 0.29) is 23.5 Å². The van der Waals surface area contributed by atoms with Crippen molar-refractivity contribution in [3.63, 3.8) is 0 Å². The summed E-state index contributed by atoms with van der Waals surface area (Å²) in [7, 11) is 0. The minimum absolute atomic E-state index is 0.0685. The maximum absolute atomic E-state index is 13.0. The number of nitriles is 1. The van der Waals surface area contributed by atoms with Crippen molar-refractivity contribution in [3.8, 4) is 28.5 Å². The number of hydrogen-bond acceptors (Lipinski definition) is 6. The fourth-order valence-corrected chi connectivity index (χ4v) is 5.12. The number of likely N-dealkylation sites (tertiary alicyclic amines) is 1. The van der Waals surface area contributed by atoms with Crippen molar-refractivity contribution in [1.29, 1.82) is 5.26 Å². The topological polar surface area (TPSA) is 83.3 Å². The number of rotatable bonds is 7. The third-order valence-corrected chi connectivity index (χ3v) is 6.94. The van der Waals surface area contributed by atoms with Gasteiger partial charge in [0.25, 0.3) is 0 Å². The van der Waals surface area contributed by atoms with Gasteiger partial charge in [-0.15, -0.1) is 0 Å². The van der Waals surface area contributed by atoms with Gasteiger partial charge in [-0.3, -0.25) is 9.59 Å². The molecule has 0 bridgehead atoms. The van der Waals surface area contributed by atoms with Gasteiger partial charge in [-0.05, 0) is 31.4 Å². The van der Waals surface area contributed by atoms with E-state index in [0.717, 1.165) is 35.2 Å². The zero-order chi connectivity index (χ0) is 24.6. The Morgan fingerprint density at radius 2 is 1.80 bits per heavy atom. The van der Waals surface area contributed by atoms with Crippen LogP contribution < -0.4 is 0 Å². The van der Waals surface area contributed by atoms with Crippen molar-refractivity contribution >= 4 is 23.6 Å². The molecule has 1 aromatic heterocycles. The monoisotopic (exact) mass is 485 g/mol. The fourth-order valence-electron chi connectivity index (χ4n) is 4.21. The van der Waals surface area contributed by atoms with Crippen LogP contribution in [0.5, 0.6) is 0 Å². The predicted octanol–water partition coefficient (Wildman–Crippen LogP) is 5.18. The molecule has 0 saturated carbocycles. The Morgan fingerprint density at radius 1 is 1.11 bits per heavy atom. The number of thioether (sulfide) groups is 1. The quantitative estimate of drug-likeness (QED) is 0.339. The molecular weight excluding hydrogens is 458 g/mol. The molecule has 1 aliphatic rings. The predicted molar refractivity (Wildman–Crippen MR) is 136 cm³/mol. The Hall–Kier alpha value is -3.63. The molecule has 2 heterocycles. The summed E-state index contributed by atoms with van der Waals surface area (Å²) in [5.74, 6) is -0.448. The van der Waals surface area contributed by atoms with Crippen LogP contribution in [0.4, 0.5) is 0 Å². The van der Waals surface area contributed by atoms with E-state index in [1.165, 1.54) is 11.8 Å². The first-order valence-corrected chi connectivity index (χ1v) is 12.7. The second-order valence-corrected chi connectivity index (χ2v) is 9.26. The van der Waals surface area contributed by atoms with Crippen molar-refractivity contribution in [2.24, 2.45) is 5.92 Å². The van der Waals surface area contributed by atoms with Gasteiger partial charge in [0.15, 0.2) is 0 Å². The number of ether oxygens (including phenoxy) is 1. The van der Waals surface area contributed by atoms with Gasteiger partial charge in [-0.2, -0.15) is 5.26 Å². The van der Waals surface area contributed by atoms with Crippen LogP contribution >= 0.6 is 11.8 Å². The van der Waals surface area contributed by atoms with Crippen molar-refractivity contribution < 1.29 is 14.3 Å². The Morgan fingerprint density at radius 3 is 2.46 bits per heavy atom. The highest BCUT2D eigenvalue weighted by Gasteiger charge is 2.29. The fraction of sp³-hybridized carbons (Fsp3) is 0.286. The summed E-state index contributed by atoms with van der Waals surface area (Å²) < 4.78 is 5.15. The standard InChI is InChI=1S/C28H27N3O3S/c1-2-34-28(33)22-14-9-15-31(18-22)26(32)19-35-27-24(17-29)23(20-10-5-3-6-11-20)16-25(30-27)21-12-7-4-8-13-21/h3-8,10-13,16,22H,2,9,14-15,18-19H2,1H3. The second-order valence-electron chi connectivity index (χ2n) is 8.30. The van der Waals surface area contributed by atoms with Crippen LogP contribution in [0, 0.1) is 17.2 Å². The van der Waals surface area contributed by atoms with Gasteiger partial charge in [0.1, 0.15) is 11.1 Å². The highest BCUT2D eigenvalue weighted by molar-refractivity contribution is 8.00. The van der Waals surface area contributed by atoms with Crippen LogP contribution in [0.3, 0.4) is 0 Å². The van der Waals surface area contributed by atoms with Crippen LogP contribution in [0.1, 0.15) is 25.3 Å². The molecule has 0 N–H and O–H groups in total. The summed E-state index contributed by atoms with van der Waals surface area (Å²) in [6, 6.07) is 23.8. The SMILES string of the molecule is CCOC(=O)C1CCCN(C(=O)CSc2nc(-c3ccccc3)cc(-c3ccccc3)c2C#N)C1. The molecule has 1 amide bonds. The number of pyridine rings is 1. The first-order valence-electron chi connectivity index (χ1n) is 11.7. The molecule has 1 fully saturated rings.